The van der Waals surface area contributed by atoms with Crippen molar-refractivity contribution in [1.82, 2.24) is 5.32 Å². The van der Waals surface area contributed by atoms with Crippen molar-refractivity contribution in [3.63, 3.8) is 0 Å². The van der Waals surface area contributed by atoms with E-state index in [9.17, 15) is 13.2 Å². The van der Waals surface area contributed by atoms with Gasteiger partial charge in [0.05, 0.1) is 5.56 Å². The third kappa shape index (κ3) is 2.77. The molecule has 1 saturated heterocycles. The Labute approximate surface area is 117 Å². The quantitative estimate of drug-likeness (QED) is 0.897. The summed E-state index contributed by atoms with van der Waals surface area (Å²) < 4.78 is 38.9. The summed E-state index contributed by atoms with van der Waals surface area (Å²) in [5.74, 6) is 0.713. The van der Waals surface area contributed by atoms with E-state index in [0.717, 1.165) is 19.6 Å². The fourth-order valence-electron chi connectivity index (χ4n) is 2.94. The first-order valence-corrected chi connectivity index (χ1v) is 7.11. The van der Waals surface area contributed by atoms with E-state index in [1.54, 1.807) is 12.1 Å². The first-order valence-electron chi connectivity index (χ1n) is 7.11. The molecular formula is C15H19F3N2. The fraction of sp³-hybridized carbons (Fsp3) is 0.600. The first-order chi connectivity index (χ1) is 9.45. The normalized spacial score (nSPS) is 24.0. The zero-order chi connectivity index (χ0) is 14.3. The lowest BCUT2D eigenvalue weighted by Gasteiger charge is -2.36. The van der Waals surface area contributed by atoms with Gasteiger partial charge in [0, 0.05) is 31.4 Å². The molecule has 20 heavy (non-hydrogen) atoms. The lowest BCUT2D eigenvalue weighted by molar-refractivity contribution is -0.138. The van der Waals surface area contributed by atoms with Crippen LogP contribution in [0, 0.1) is 12.8 Å². The number of benzene rings is 1. The second-order valence-electron chi connectivity index (χ2n) is 5.84. The van der Waals surface area contributed by atoms with Gasteiger partial charge in [-0.05, 0) is 43.4 Å². The number of aryl methyl sites for hydroxylation is 1. The molecule has 1 aromatic carbocycles. The summed E-state index contributed by atoms with van der Waals surface area (Å²) >= 11 is 0. The Morgan fingerprint density at radius 3 is 2.65 bits per heavy atom. The standard InChI is InChI=1S/C15H19F3N2/c1-10-2-5-12(8-13(10)15(16,17)18)20-7-6-19-14(9-20)11-3-4-11/h2,5,8,11,14,19H,3-4,6-7,9H2,1H3. The second kappa shape index (κ2) is 4.95. The Bertz CT molecular complexity index is 494. The van der Waals surface area contributed by atoms with Crippen LogP contribution in [0.4, 0.5) is 18.9 Å². The molecule has 3 rings (SSSR count). The van der Waals surface area contributed by atoms with Crippen LogP contribution in [-0.2, 0) is 6.18 Å². The molecule has 0 amide bonds. The number of hydrogen-bond donors (Lipinski definition) is 1. The summed E-state index contributed by atoms with van der Waals surface area (Å²) in [6, 6.07) is 5.11. The Morgan fingerprint density at radius 2 is 2.00 bits per heavy atom. The molecule has 0 spiro atoms. The average molecular weight is 284 g/mol. The molecular weight excluding hydrogens is 265 g/mol. The summed E-state index contributed by atoms with van der Waals surface area (Å²) in [5, 5.41) is 3.47. The average Bonchev–Trinajstić information content (AvgIpc) is 3.22. The highest BCUT2D eigenvalue weighted by molar-refractivity contribution is 5.52. The molecule has 1 atom stereocenters. The molecule has 1 heterocycles. The maximum Gasteiger partial charge on any atom is 0.416 e. The van der Waals surface area contributed by atoms with E-state index in [-0.39, 0.29) is 5.56 Å². The lowest BCUT2D eigenvalue weighted by Crippen LogP contribution is -2.51. The third-order valence-corrected chi connectivity index (χ3v) is 4.29. The minimum absolute atomic E-state index is 0.287. The highest BCUT2D eigenvalue weighted by Crippen LogP contribution is 2.36. The zero-order valence-corrected chi connectivity index (χ0v) is 11.5. The molecule has 1 saturated carbocycles. The molecule has 5 heteroatoms. The van der Waals surface area contributed by atoms with Gasteiger partial charge in [0.2, 0.25) is 0 Å². The molecule has 1 aromatic rings. The fourth-order valence-corrected chi connectivity index (χ4v) is 2.94. The molecule has 1 N–H and O–H groups in total. The highest BCUT2D eigenvalue weighted by Gasteiger charge is 2.35. The molecule has 2 nitrogen and oxygen atoms in total. The van der Waals surface area contributed by atoms with Gasteiger partial charge < -0.3 is 10.2 Å². The molecule has 1 unspecified atom stereocenters. The monoisotopic (exact) mass is 284 g/mol. The Hall–Kier alpha value is -1.23. The van der Waals surface area contributed by atoms with Gasteiger partial charge in [-0.1, -0.05) is 6.07 Å². The number of halogens is 3. The van der Waals surface area contributed by atoms with Gasteiger partial charge in [-0.15, -0.1) is 0 Å². The number of rotatable bonds is 2. The minimum Gasteiger partial charge on any atom is -0.369 e. The predicted molar refractivity (Wildman–Crippen MR) is 72.9 cm³/mol. The first kappa shape index (κ1) is 13.7. The molecule has 1 aliphatic carbocycles. The van der Waals surface area contributed by atoms with E-state index < -0.39 is 11.7 Å². The smallest absolute Gasteiger partial charge is 0.369 e. The van der Waals surface area contributed by atoms with Crippen molar-refractivity contribution in [3.05, 3.63) is 29.3 Å². The van der Waals surface area contributed by atoms with Gasteiger partial charge in [-0.2, -0.15) is 13.2 Å². The number of nitrogens with one attached hydrogen (secondary N) is 1. The summed E-state index contributed by atoms with van der Waals surface area (Å²) in [7, 11) is 0. The number of anilines is 1. The van der Waals surface area contributed by atoms with Crippen LogP contribution < -0.4 is 10.2 Å². The van der Waals surface area contributed by atoms with E-state index in [0.29, 0.717) is 17.6 Å². The maximum atomic E-state index is 13.0. The summed E-state index contributed by atoms with van der Waals surface area (Å²) in [4.78, 5) is 2.08. The largest absolute Gasteiger partial charge is 0.416 e. The Balaban J connectivity index is 1.82. The van der Waals surface area contributed by atoms with E-state index in [2.05, 4.69) is 10.2 Å². The molecule has 2 aliphatic rings. The van der Waals surface area contributed by atoms with Crippen LogP contribution in [0.15, 0.2) is 18.2 Å². The SMILES string of the molecule is Cc1ccc(N2CCNC(C3CC3)C2)cc1C(F)(F)F. The molecule has 2 fully saturated rings. The summed E-state index contributed by atoms with van der Waals surface area (Å²) in [6.45, 7) is 3.93. The zero-order valence-electron chi connectivity index (χ0n) is 11.5. The van der Waals surface area contributed by atoms with Crippen LogP contribution in [0.1, 0.15) is 24.0 Å². The van der Waals surface area contributed by atoms with Crippen molar-refractivity contribution in [2.75, 3.05) is 24.5 Å². The van der Waals surface area contributed by atoms with Crippen molar-refractivity contribution < 1.29 is 13.2 Å². The van der Waals surface area contributed by atoms with Gasteiger partial charge in [0.25, 0.3) is 0 Å². The number of alkyl halides is 3. The number of hydrogen-bond acceptors (Lipinski definition) is 2. The van der Waals surface area contributed by atoms with Crippen molar-refractivity contribution >= 4 is 5.69 Å². The van der Waals surface area contributed by atoms with Crippen LogP contribution in [0.25, 0.3) is 0 Å². The van der Waals surface area contributed by atoms with Gasteiger partial charge in [-0.25, -0.2) is 0 Å². The van der Waals surface area contributed by atoms with Crippen molar-refractivity contribution in [3.8, 4) is 0 Å². The van der Waals surface area contributed by atoms with Crippen molar-refractivity contribution in [2.24, 2.45) is 5.92 Å². The Kier molecular flexibility index (Phi) is 3.40. The van der Waals surface area contributed by atoms with E-state index in [1.807, 2.05) is 0 Å². The van der Waals surface area contributed by atoms with Crippen LogP contribution in [0.2, 0.25) is 0 Å². The van der Waals surface area contributed by atoms with Gasteiger partial charge in [0.15, 0.2) is 0 Å². The van der Waals surface area contributed by atoms with E-state index in [1.165, 1.54) is 25.8 Å². The molecule has 110 valence electrons. The van der Waals surface area contributed by atoms with Crippen molar-refractivity contribution in [2.45, 2.75) is 32.0 Å². The molecule has 0 bridgehead atoms. The molecule has 0 radical (unpaired) electrons. The maximum absolute atomic E-state index is 13.0. The summed E-state index contributed by atoms with van der Waals surface area (Å²) in [5.41, 5.74) is 0.460. The number of piperazine rings is 1. The highest BCUT2D eigenvalue weighted by atomic mass is 19.4. The van der Waals surface area contributed by atoms with Gasteiger partial charge in [-0.3, -0.25) is 0 Å². The van der Waals surface area contributed by atoms with Crippen molar-refractivity contribution in [1.29, 1.82) is 0 Å². The summed E-state index contributed by atoms with van der Waals surface area (Å²) in [6.07, 6.45) is -1.79. The van der Waals surface area contributed by atoms with E-state index >= 15 is 0 Å². The second-order valence-corrected chi connectivity index (χ2v) is 5.84. The van der Waals surface area contributed by atoms with Crippen LogP contribution in [0.3, 0.4) is 0 Å². The predicted octanol–water partition coefficient (Wildman–Crippen LogP) is 3.20. The number of nitrogens with zero attached hydrogens (tertiary/aromatic N) is 1. The van der Waals surface area contributed by atoms with Gasteiger partial charge >= 0.3 is 6.18 Å². The van der Waals surface area contributed by atoms with Crippen LogP contribution >= 0.6 is 0 Å². The lowest BCUT2D eigenvalue weighted by atomic mass is 10.0. The Morgan fingerprint density at radius 1 is 1.25 bits per heavy atom. The van der Waals surface area contributed by atoms with Crippen LogP contribution in [-0.4, -0.2) is 25.7 Å². The van der Waals surface area contributed by atoms with Crippen LogP contribution in [0.5, 0.6) is 0 Å². The minimum atomic E-state index is -4.27. The molecule has 0 aromatic heterocycles. The van der Waals surface area contributed by atoms with E-state index in [4.69, 9.17) is 0 Å². The van der Waals surface area contributed by atoms with Gasteiger partial charge in [0.1, 0.15) is 0 Å². The topological polar surface area (TPSA) is 15.3 Å². The molecule has 1 aliphatic heterocycles. The third-order valence-electron chi connectivity index (χ3n) is 4.29.